The Morgan fingerprint density at radius 3 is 2.64 bits per heavy atom. The van der Waals surface area contributed by atoms with Crippen LogP contribution < -0.4 is 4.74 Å². The Hall–Kier alpha value is -3.01. The third-order valence-electron chi connectivity index (χ3n) is 5.48. The number of nitrogens with zero attached hydrogens (tertiary/aromatic N) is 1. The highest BCUT2D eigenvalue weighted by molar-refractivity contribution is 5.92. The van der Waals surface area contributed by atoms with Gasteiger partial charge in [0.1, 0.15) is 5.75 Å². The van der Waals surface area contributed by atoms with Crippen LogP contribution in [0.25, 0.3) is 17.0 Å². The van der Waals surface area contributed by atoms with Crippen LogP contribution in [0.5, 0.6) is 5.75 Å². The minimum atomic E-state index is 0.0891. The maximum atomic E-state index is 12.6. The van der Waals surface area contributed by atoms with Gasteiger partial charge in [0.15, 0.2) is 0 Å². The number of likely N-dealkylation sites (tertiary alicyclic amines) is 1. The minimum absolute atomic E-state index is 0.0891. The molecule has 2 heterocycles. The first-order valence-electron chi connectivity index (χ1n) is 10.0. The third kappa shape index (κ3) is 3.96. The fourth-order valence-electron chi connectivity index (χ4n) is 3.96. The van der Waals surface area contributed by atoms with E-state index in [0.29, 0.717) is 12.5 Å². The molecule has 0 bridgehead atoms. The van der Waals surface area contributed by atoms with Gasteiger partial charge in [0, 0.05) is 36.3 Å². The van der Waals surface area contributed by atoms with Gasteiger partial charge in [-0.1, -0.05) is 30.3 Å². The largest absolute Gasteiger partial charge is 0.494 e. The second-order valence-electron chi connectivity index (χ2n) is 7.22. The second kappa shape index (κ2) is 8.34. The Kier molecular flexibility index (Phi) is 5.47. The van der Waals surface area contributed by atoms with Crippen molar-refractivity contribution in [3.05, 3.63) is 71.9 Å². The SMILES string of the molecule is CCOc1ccc(/C=C/C(=O)N2CCC(c3c[nH]c4ccccc34)CC2)cc1. The number of hydrogen-bond donors (Lipinski definition) is 1. The number of H-pyrrole nitrogens is 1. The normalized spacial score (nSPS) is 15.4. The van der Waals surface area contributed by atoms with Crippen LogP contribution in [0, 0.1) is 0 Å². The number of amides is 1. The lowest BCUT2D eigenvalue weighted by Gasteiger charge is -2.31. The summed E-state index contributed by atoms with van der Waals surface area (Å²) in [5.41, 5.74) is 3.58. The van der Waals surface area contributed by atoms with E-state index in [1.54, 1.807) is 6.08 Å². The van der Waals surface area contributed by atoms with Crippen LogP contribution in [0.4, 0.5) is 0 Å². The number of para-hydroxylation sites is 1. The van der Waals surface area contributed by atoms with Crippen molar-refractivity contribution in [2.45, 2.75) is 25.7 Å². The summed E-state index contributed by atoms with van der Waals surface area (Å²) in [7, 11) is 0. The molecular weight excluding hydrogens is 348 g/mol. The molecule has 0 unspecified atom stereocenters. The van der Waals surface area contributed by atoms with E-state index in [1.807, 2.05) is 42.2 Å². The number of ether oxygens (including phenoxy) is 1. The van der Waals surface area contributed by atoms with Crippen molar-refractivity contribution >= 4 is 22.9 Å². The van der Waals surface area contributed by atoms with Crippen molar-refractivity contribution in [1.82, 2.24) is 9.88 Å². The standard InChI is InChI=1S/C24H26N2O2/c1-2-28-20-10-7-18(8-11-20)9-12-24(27)26-15-13-19(14-16-26)22-17-25-23-6-4-3-5-21(22)23/h3-12,17,19,25H,2,13-16H2,1H3/b12-9+. The van der Waals surface area contributed by atoms with E-state index in [2.05, 4.69) is 35.4 Å². The zero-order chi connectivity index (χ0) is 19.3. The summed E-state index contributed by atoms with van der Waals surface area (Å²) < 4.78 is 5.45. The Balaban J connectivity index is 1.35. The molecule has 0 radical (unpaired) electrons. The predicted octanol–water partition coefficient (Wildman–Crippen LogP) is 4.99. The Labute approximate surface area is 165 Å². The number of aromatic nitrogens is 1. The summed E-state index contributed by atoms with van der Waals surface area (Å²) in [6, 6.07) is 16.2. The topological polar surface area (TPSA) is 45.3 Å². The smallest absolute Gasteiger partial charge is 0.246 e. The van der Waals surface area contributed by atoms with E-state index in [4.69, 9.17) is 4.74 Å². The molecule has 0 aliphatic carbocycles. The first-order chi connectivity index (χ1) is 13.7. The molecule has 1 N–H and O–H groups in total. The molecule has 1 aromatic heterocycles. The van der Waals surface area contributed by atoms with E-state index in [-0.39, 0.29) is 5.91 Å². The second-order valence-corrected chi connectivity index (χ2v) is 7.22. The fraction of sp³-hybridized carbons (Fsp3) is 0.292. The van der Waals surface area contributed by atoms with Gasteiger partial charge >= 0.3 is 0 Å². The van der Waals surface area contributed by atoms with Crippen LogP contribution in [0.1, 0.15) is 36.8 Å². The Bertz CT molecular complexity index is 964. The summed E-state index contributed by atoms with van der Waals surface area (Å²) >= 11 is 0. The summed E-state index contributed by atoms with van der Waals surface area (Å²) in [5.74, 6) is 1.45. The average Bonchev–Trinajstić information content (AvgIpc) is 3.17. The first-order valence-corrected chi connectivity index (χ1v) is 10.0. The molecule has 28 heavy (non-hydrogen) atoms. The molecular formula is C24H26N2O2. The van der Waals surface area contributed by atoms with Crippen molar-refractivity contribution in [3.63, 3.8) is 0 Å². The first kappa shape index (κ1) is 18.4. The highest BCUT2D eigenvalue weighted by atomic mass is 16.5. The van der Waals surface area contributed by atoms with Crippen molar-refractivity contribution in [2.75, 3.05) is 19.7 Å². The molecule has 0 saturated carbocycles. The molecule has 1 aliphatic heterocycles. The number of piperidine rings is 1. The fourth-order valence-corrected chi connectivity index (χ4v) is 3.96. The lowest BCUT2D eigenvalue weighted by Crippen LogP contribution is -2.36. The number of rotatable bonds is 5. The van der Waals surface area contributed by atoms with Crippen molar-refractivity contribution < 1.29 is 9.53 Å². The maximum Gasteiger partial charge on any atom is 0.246 e. The van der Waals surface area contributed by atoms with Gasteiger partial charge < -0.3 is 14.6 Å². The molecule has 4 nitrogen and oxygen atoms in total. The zero-order valence-corrected chi connectivity index (χ0v) is 16.2. The molecule has 4 heteroatoms. The van der Waals surface area contributed by atoms with Gasteiger partial charge in [-0.2, -0.15) is 0 Å². The minimum Gasteiger partial charge on any atom is -0.494 e. The number of hydrogen-bond acceptors (Lipinski definition) is 2. The quantitative estimate of drug-likeness (QED) is 0.640. The van der Waals surface area contributed by atoms with Crippen LogP contribution >= 0.6 is 0 Å². The van der Waals surface area contributed by atoms with Crippen molar-refractivity contribution in [2.24, 2.45) is 0 Å². The number of aromatic amines is 1. The van der Waals surface area contributed by atoms with Gasteiger partial charge in [-0.25, -0.2) is 0 Å². The van der Waals surface area contributed by atoms with E-state index < -0.39 is 0 Å². The maximum absolute atomic E-state index is 12.6. The molecule has 1 amide bonds. The molecule has 1 fully saturated rings. The molecule has 1 saturated heterocycles. The molecule has 1 aliphatic rings. The van der Waals surface area contributed by atoms with Gasteiger partial charge in [0.05, 0.1) is 6.61 Å². The molecule has 2 aromatic carbocycles. The molecule has 3 aromatic rings. The highest BCUT2D eigenvalue weighted by Gasteiger charge is 2.24. The van der Waals surface area contributed by atoms with E-state index in [1.165, 1.54) is 16.5 Å². The lowest BCUT2D eigenvalue weighted by atomic mass is 9.89. The lowest BCUT2D eigenvalue weighted by molar-refractivity contribution is -0.126. The molecule has 144 valence electrons. The zero-order valence-electron chi connectivity index (χ0n) is 16.2. The summed E-state index contributed by atoms with van der Waals surface area (Å²) in [5, 5.41) is 1.31. The highest BCUT2D eigenvalue weighted by Crippen LogP contribution is 2.33. The van der Waals surface area contributed by atoms with E-state index in [0.717, 1.165) is 37.2 Å². The monoisotopic (exact) mass is 374 g/mol. The number of carbonyl (C=O) groups excluding carboxylic acids is 1. The average molecular weight is 374 g/mol. The van der Waals surface area contributed by atoms with Crippen molar-refractivity contribution in [1.29, 1.82) is 0 Å². The van der Waals surface area contributed by atoms with E-state index >= 15 is 0 Å². The van der Waals surface area contributed by atoms with Crippen LogP contribution in [-0.4, -0.2) is 35.5 Å². The molecule has 0 spiro atoms. The van der Waals surface area contributed by atoms with Gasteiger partial charge in [0.2, 0.25) is 5.91 Å². The number of benzene rings is 2. The van der Waals surface area contributed by atoms with Crippen molar-refractivity contribution in [3.8, 4) is 5.75 Å². The Morgan fingerprint density at radius 1 is 1.14 bits per heavy atom. The molecule has 0 atom stereocenters. The summed E-state index contributed by atoms with van der Waals surface area (Å²) in [6.45, 7) is 4.23. The van der Waals surface area contributed by atoms with Crippen LogP contribution in [0.15, 0.2) is 60.8 Å². The van der Waals surface area contributed by atoms with Gasteiger partial charge in [-0.15, -0.1) is 0 Å². The van der Waals surface area contributed by atoms with E-state index in [9.17, 15) is 4.79 Å². The Morgan fingerprint density at radius 2 is 1.89 bits per heavy atom. The van der Waals surface area contributed by atoms with Crippen LogP contribution in [-0.2, 0) is 4.79 Å². The summed E-state index contributed by atoms with van der Waals surface area (Å²) in [6.07, 6.45) is 7.71. The van der Waals surface area contributed by atoms with Gasteiger partial charge in [-0.05, 0) is 61.1 Å². The predicted molar refractivity (Wildman–Crippen MR) is 113 cm³/mol. The summed E-state index contributed by atoms with van der Waals surface area (Å²) in [4.78, 5) is 17.9. The number of nitrogens with one attached hydrogen (secondary N) is 1. The molecule has 4 rings (SSSR count). The number of fused-ring (bicyclic) bond motifs is 1. The van der Waals surface area contributed by atoms with Crippen LogP contribution in [0.2, 0.25) is 0 Å². The number of carbonyl (C=O) groups is 1. The van der Waals surface area contributed by atoms with Gasteiger partial charge in [0.25, 0.3) is 0 Å². The van der Waals surface area contributed by atoms with Crippen LogP contribution in [0.3, 0.4) is 0 Å². The van der Waals surface area contributed by atoms with Gasteiger partial charge in [-0.3, -0.25) is 4.79 Å². The third-order valence-corrected chi connectivity index (χ3v) is 5.48.